The third-order valence-electron chi connectivity index (χ3n) is 11.9. The summed E-state index contributed by atoms with van der Waals surface area (Å²) in [6.45, 7) is 4.69. The predicted molar refractivity (Wildman–Crippen MR) is 239 cm³/mol. The van der Waals surface area contributed by atoms with Gasteiger partial charge < -0.3 is 4.57 Å². The van der Waals surface area contributed by atoms with Crippen molar-refractivity contribution in [2.75, 3.05) is 0 Å². The maximum atomic E-state index is 5.26. The van der Waals surface area contributed by atoms with E-state index in [4.69, 9.17) is 15.0 Å². The highest BCUT2D eigenvalue weighted by atomic mass is 15.0. The summed E-state index contributed by atoms with van der Waals surface area (Å²) in [7, 11) is 0. The molecule has 274 valence electrons. The number of hydrogen-bond donors (Lipinski definition) is 0. The lowest BCUT2D eigenvalue weighted by Crippen LogP contribution is -2.15. The molecule has 0 fully saturated rings. The average Bonchev–Trinajstić information content (AvgIpc) is 3.75. The van der Waals surface area contributed by atoms with Gasteiger partial charge in [-0.3, -0.25) is 0 Å². The Morgan fingerprint density at radius 3 is 1.59 bits per heavy atom. The van der Waals surface area contributed by atoms with Crippen LogP contribution in [-0.4, -0.2) is 19.5 Å². The molecule has 0 atom stereocenters. The maximum absolute atomic E-state index is 5.26. The van der Waals surface area contributed by atoms with Crippen LogP contribution in [0.2, 0.25) is 0 Å². The Bertz CT molecular complexity index is 3160. The molecule has 0 N–H and O–H groups in total. The number of benzene rings is 8. The quantitative estimate of drug-likeness (QED) is 0.170. The van der Waals surface area contributed by atoms with Gasteiger partial charge in [-0.05, 0) is 74.8 Å². The van der Waals surface area contributed by atoms with Crippen LogP contribution in [0.3, 0.4) is 0 Å². The molecule has 1 aliphatic carbocycles. The van der Waals surface area contributed by atoms with Crippen molar-refractivity contribution >= 4 is 21.8 Å². The van der Waals surface area contributed by atoms with Gasteiger partial charge in [-0.1, -0.05) is 178 Å². The second-order valence-corrected chi connectivity index (χ2v) is 15.7. The number of hydrogen-bond acceptors (Lipinski definition) is 3. The summed E-state index contributed by atoms with van der Waals surface area (Å²) >= 11 is 0. The zero-order valence-corrected chi connectivity index (χ0v) is 32.3. The molecule has 2 heterocycles. The maximum Gasteiger partial charge on any atom is 0.164 e. The lowest BCUT2D eigenvalue weighted by molar-refractivity contribution is 0.660. The summed E-state index contributed by atoms with van der Waals surface area (Å²) in [6, 6.07) is 69.0. The smallest absolute Gasteiger partial charge is 0.164 e. The Kier molecular flexibility index (Phi) is 7.80. The standard InChI is InChI=1S/C54H38N4/c1-54(2)46-24-14-12-22-42(46)43-31-30-41(34-47(43)54)58-48-25-15-13-23-44(48)50-45(37-18-8-4-9-19-37)32-40(33-49(50)58)53-56-51(38-20-10-5-11-21-38)55-52(57-53)39-28-26-36(27-29-39)35-16-6-3-7-17-35/h3-34H,1-2H3. The van der Waals surface area contributed by atoms with Crippen molar-refractivity contribution in [2.45, 2.75) is 19.3 Å². The summed E-state index contributed by atoms with van der Waals surface area (Å²) in [5.74, 6) is 1.89. The predicted octanol–water partition coefficient (Wildman–Crippen LogP) is 13.6. The molecule has 0 saturated carbocycles. The molecule has 11 rings (SSSR count). The van der Waals surface area contributed by atoms with Gasteiger partial charge >= 0.3 is 0 Å². The highest BCUT2D eigenvalue weighted by Gasteiger charge is 2.35. The lowest BCUT2D eigenvalue weighted by atomic mass is 9.82. The molecular weight excluding hydrogens is 705 g/mol. The number of para-hydroxylation sites is 1. The Balaban J connectivity index is 1.16. The summed E-state index contributed by atoms with van der Waals surface area (Å²) in [5.41, 5.74) is 16.0. The fourth-order valence-corrected chi connectivity index (χ4v) is 8.97. The van der Waals surface area contributed by atoms with Crippen molar-refractivity contribution in [3.63, 3.8) is 0 Å². The zero-order chi connectivity index (χ0) is 38.8. The summed E-state index contributed by atoms with van der Waals surface area (Å²) in [5, 5.41) is 2.40. The molecule has 0 saturated heterocycles. The number of rotatable bonds is 6. The second kappa shape index (κ2) is 13.4. The van der Waals surface area contributed by atoms with E-state index in [0.29, 0.717) is 17.5 Å². The van der Waals surface area contributed by atoms with Gasteiger partial charge in [-0.15, -0.1) is 0 Å². The first-order chi connectivity index (χ1) is 28.5. The lowest BCUT2D eigenvalue weighted by Gasteiger charge is -2.22. The van der Waals surface area contributed by atoms with Crippen molar-refractivity contribution in [3.8, 4) is 73.2 Å². The van der Waals surface area contributed by atoms with Crippen LogP contribution in [0.25, 0.3) is 95.0 Å². The first-order valence-corrected chi connectivity index (χ1v) is 19.9. The third kappa shape index (κ3) is 5.48. The van der Waals surface area contributed by atoms with E-state index >= 15 is 0 Å². The summed E-state index contributed by atoms with van der Waals surface area (Å²) in [4.78, 5) is 15.6. The van der Waals surface area contributed by atoms with E-state index in [2.05, 4.69) is 188 Å². The zero-order valence-electron chi connectivity index (χ0n) is 32.3. The highest BCUT2D eigenvalue weighted by Crippen LogP contribution is 2.50. The number of fused-ring (bicyclic) bond motifs is 6. The summed E-state index contributed by atoms with van der Waals surface area (Å²) < 4.78 is 2.43. The highest BCUT2D eigenvalue weighted by molar-refractivity contribution is 6.17. The van der Waals surface area contributed by atoms with Crippen LogP contribution >= 0.6 is 0 Å². The number of aromatic nitrogens is 4. The van der Waals surface area contributed by atoms with Crippen LogP contribution < -0.4 is 0 Å². The van der Waals surface area contributed by atoms with Gasteiger partial charge in [0.15, 0.2) is 17.5 Å². The van der Waals surface area contributed by atoms with Crippen LogP contribution in [0.15, 0.2) is 194 Å². The second-order valence-electron chi connectivity index (χ2n) is 15.7. The van der Waals surface area contributed by atoms with Crippen LogP contribution in [0.4, 0.5) is 0 Å². The molecule has 0 bridgehead atoms. The van der Waals surface area contributed by atoms with Gasteiger partial charge in [-0.2, -0.15) is 0 Å². The minimum absolute atomic E-state index is 0.129. The molecule has 8 aromatic carbocycles. The van der Waals surface area contributed by atoms with Gasteiger partial charge in [0.25, 0.3) is 0 Å². The minimum Gasteiger partial charge on any atom is -0.309 e. The monoisotopic (exact) mass is 742 g/mol. The van der Waals surface area contributed by atoms with Crippen molar-refractivity contribution in [3.05, 3.63) is 205 Å². The molecule has 4 heteroatoms. The largest absolute Gasteiger partial charge is 0.309 e. The van der Waals surface area contributed by atoms with E-state index in [0.717, 1.165) is 50.1 Å². The Hall–Kier alpha value is -7.43. The average molecular weight is 743 g/mol. The molecule has 10 aromatic rings. The normalized spacial score (nSPS) is 12.8. The molecule has 58 heavy (non-hydrogen) atoms. The van der Waals surface area contributed by atoms with Crippen LogP contribution in [0, 0.1) is 0 Å². The van der Waals surface area contributed by atoms with Crippen molar-refractivity contribution in [1.29, 1.82) is 0 Å². The van der Waals surface area contributed by atoms with E-state index in [1.165, 1.54) is 38.6 Å². The van der Waals surface area contributed by atoms with Crippen LogP contribution in [-0.2, 0) is 5.41 Å². The fourth-order valence-electron chi connectivity index (χ4n) is 8.97. The van der Waals surface area contributed by atoms with E-state index in [-0.39, 0.29) is 5.41 Å². The SMILES string of the molecule is CC1(C)c2ccccc2-c2ccc(-n3c4ccccc4c4c(-c5ccccc5)cc(-c5nc(-c6ccccc6)nc(-c6ccc(-c7ccccc7)cc6)n5)cc43)cc21. The van der Waals surface area contributed by atoms with E-state index in [9.17, 15) is 0 Å². The molecular formula is C54H38N4. The fraction of sp³-hybridized carbons (Fsp3) is 0.0556. The minimum atomic E-state index is -0.129. The van der Waals surface area contributed by atoms with Crippen LogP contribution in [0.5, 0.6) is 0 Å². The van der Waals surface area contributed by atoms with Crippen molar-refractivity contribution < 1.29 is 0 Å². The first kappa shape index (κ1) is 33.9. The Morgan fingerprint density at radius 1 is 0.362 bits per heavy atom. The molecule has 4 nitrogen and oxygen atoms in total. The van der Waals surface area contributed by atoms with Gasteiger partial charge in [0, 0.05) is 38.6 Å². The van der Waals surface area contributed by atoms with Crippen molar-refractivity contribution in [1.82, 2.24) is 19.5 Å². The first-order valence-electron chi connectivity index (χ1n) is 19.9. The third-order valence-corrected chi connectivity index (χ3v) is 11.9. The molecule has 1 aliphatic rings. The van der Waals surface area contributed by atoms with Crippen molar-refractivity contribution in [2.24, 2.45) is 0 Å². The number of nitrogens with zero attached hydrogens (tertiary/aromatic N) is 4. The van der Waals surface area contributed by atoms with E-state index in [1.807, 2.05) is 24.3 Å². The van der Waals surface area contributed by atoms with E-state index < -0.39 is 0 Å². The van der Waals surface area contributed by atoms with Gasteiger partial charge in [0.1, 0.15) is 0 Å². The van der Waals surface area contributed by atoms with E-state index in [1.54, 1.807) is 0 Å². The summed E-state index contributed by atoms with van der Waals surface area (Å²) in [6.07, 6.45) is 0. The molecule has 0 aliphatic heterocycles. The molecule has 0 amide bonds. The van der Waals surface area contributed by atoms with Gasteiger partial charge in [0.2, 0.25) is 0 Å². The molecule has 2 aromatic heterocycles. The van der Waals surface area contributed by atoms with Gasteiger partial charge in [0.05, 0.1) is 11.0 Å². The Labute approximate surface area is 337 Å². The molecule has 0 unspecified atom stereocenters. The Morgan fingerprint density at radius 2 is 0.879 bits per heavy atom. The molecule has 0 spiro atoms. The van der Waals surface area contributed by atoms with Gasteiger partial charge in [-0.25, -0.2) is 15.0 Å². The topological polar surface area (TPSA) is 43.6 Å². The van der Waals surface area contributed by atoms with Crippen LogP contribution in [0.1, 0.15) is 25.0 Å². The molecule has 0 radical (unpaired) electrons.